The molecule has 4 nitrogen and oxygen atoms in total. The van der Waals surface area contributed by atoms with Crippen molar-refractivity contribution in [2.45, 2.75) is 13.5 Å². The summed E-state index contributed by atoms with van der Waals surface area (Å²) in [5.74, 6) is 0. The Balaban J connectivity index is 1.96. The van der Waals surface area contributed by atoms with E-state index < -0.39 is 0 Å². The highest BCUT2D eigenvalue weighted by Crippen LogP contribution is 2.18. The minimum absolute atomic E-state index is 0.170. The summed E-state index contributed by atoms with van der Waals surface area (Å²) in [5, 5.41) is 12.4. The van der Waals surface area contributed by atoms with Gasteiger partial charge in [-0.15, -0.1) is 0 Å². The molecule has 21 heavy (non-hydrogen) atoms. The number of rotatable bonds is 7. The highest BCUT2D eigenvalue weighted by molar-refractivity contribution is 9.10. The quantitative estimate of drug-likeness (QED) is 0.805. The zero-order chi connectivity index (χ0) is 15.1. The Morgan fingerprint density at radius 2 is 2.00 bits per heavy atom. The third-order valence-electron chi connectivity index (χ3n) is 3.24. The van der Waals surface area contributed by atoms with Gasteiger partial charge in [0.2, 0.25) is 0 Å². The highest BCUT2D eigenvalue weighted by Gasteiger charge is 2.03. The maximum absolute atomic E-state index is 9.05. The monoisotopic (exact) mass is 349 g/mol. The van der Waals surface area contributed by atoms with Crippen molar-refractivity contribution in [3.63, 3.8) is 0 Å². The maximum atomic E-state index is 9.05. The average molecular weight is 350 g/mol. The van der Waals surface area contributed by atoms with Crippen LogP contribution < -0.4 is 10.2 Å². The Morgan fingerprint density at radius 3 is 2.62 bits per heavy atom. The molecule has 112 valence electrons. The fraction of sp³-hybridized carbons (Fsp3) is 0.312. The van der Waals surface area contributed by atoms with Crippen LogP contribution in [0.15, 0.2) is 47.2 Å². The molecule has 0 saturated heterocycles. The highest BCUT2D eigenvalue weighted by atomic mass is 79.9. The Morgan fingerprint density at radius 1 is 1.24 bits per heavy atom. The largest absolute Gasteiger partial charge is 0.395 e. The maximum Gasteiger partial charge on any atom is 0.0606 e. The molecule has 0 atom stereocenters. The van der Waals surface area contributed by atoms with Gasteiger partial charge in [-0.1, -0.05) is 0 Å². The molecule has 0 radical (unpaired) electrons. The van der Waals surface area contributed by atoms with Crippen LogP contribution in [-0.2, 0) is 6.54 Å². The fourth-order valence-electron chi connectivity index (χ4n) is 2.14. The van der Waals surface area contributed by atoms with Crippen molar-refractivity contribution < 1.29 is 5.11 Å². The topological polar surface area (TPSA) is 48.4 Å². The molecule has 0 unspecified atom stereocenters. The van der Waals surface area contributed by atoms with Crippen LogP contribution in [-0.4, -0.2) is 29.8 Å². The van der Waals surface area contributed by atoms with E-state index in [-0.39, 0.29) is 6.61 Å². The van der Waals surface area contributed by atoms with Gasteiger partial charge in [-0.25, -0.2) is 0 Å². The molecule has 0 fully saturated rings. The van der Waals surface area contributed by atoms with E-state index in [4.69, 9.17) is 5.11 Å². The third kappa shape index (κ3) is 4.72. The molecule has 5 heteroatoms. The summed E-state index contributed by atoms with van der Waals surface area (Å²) in [7, 11) is 0. The molecule has 0 aliphatic carbocycles. The van der Waals surface area contributed by atoms with Crippen molar-refractivity contribution in [1.82, 2.24) is 4.98 Å². The summed E-state index contributed by atoms with van der Waals surface area (Å²) in [6, 6.07) is 10.3. The average Bonchev–Trinajstić information content (AvgIpc) is 2.51. The van der Waals surface area contributed by atoms with Crippen molar-refractivity contribution in [3.8, 4) is 0 Å². The Hall–Kier alpha value is -1.59. The first-order valence-electron chi connectivity index (χ1n) is 7.02. The molecule has 0 amide bonds. The van der Waals surface area contributed by atoms with Crippen LogP contribution in [0.1, 0.15) is 12.5 Å². The lowest BCUT2D eigenvalue weighted by atomic mass is 10.2. The first-order chi connectivity index (χ1) is 10.2. The van der Waals surface area contributed by atoms with Gasteiger partial charge in [0, 0.05) is 47.9 Å². The number of halogens is 1. The van der Waals surface area contributed by atoms with Crippen LogP contribution in [0.5, 0.6) is 0 Å². The number of nitrogens with zero attached hydrogens (tertiary/aromatic N) is 2. The molecular formula is C16H20BrN3O. The van der Waals surface area contributed by atoms with E-state index in [0.717, 1.165) is 34.5 Å². The first kappa shape index (κ1) is 15.8. The second-order valence-corrected chi connectivity index (χ2v) is 5.63. The smallest absolute Gasteiger partial charge is 0.0606 e. The van der Waals surface area contributed by atoms with Crippen LogP contribution in [0.25, 0.3) is 0 Å². The minimum Gasteiger partial charge on any atom is -0.395 e. The van der Waals surface area contributed by atoms with Gasteiger partial charge in [0.05, 0.1) is 6.61 Å². The number of likely N-dealkylation sites (N-methyl/N-ethyl adjacent to an activating group) is 1. The van der Waals surface area contributed by atoms with E-state index in [1.54, 1.807) is 6.20 Å². The number of aliphatic hydroxyl groups excluding tert-OH is 1. The number of nitrogens with one attached hydrogen (secondary N) is 1. The van der Waals surface area contributed by atoms with Gasteiger partial charge >= 0.3 is 0 Å². The molecule has 0 bridgehead atoms. The molecule has 0 aliphatic heterocycles. The van der Waals surface area contributed by atoms with E-state index >= 15 is 0 Å². The van der Waals surface area contributed by atoms with Crippen molar-refractivity contribution in [3.05, 3.63) is 52.8 Å². The van der Waals surface area contributed by atoms with E-state index in [0.29, 0.717) is 6.54 Å². The lowest BCUT2D eigenvalue weighted by Crippen LogP contribution is -2.25. The lowest BCUT2D eigenvalue weighted by Gasteiger charge is -2.22. The van der Waals surface area contributed by atoms with Crippen LogP contribution in [0.3, 0.4) is 0 Å². The molecule has 0 spiro atoms. The van der Waals surface area contributed by atoms with Crippen molar-refractivity contribution in [2.75, 3.05) is 29.9 Å². The molecule has 0 saturated carbocycles. The number of hydrogen-bond donors (Lipinski definition) is 2. The van der Waals surface area contributed by atoms with Gasteiger partial charge < -0.3 is 15.3 Å². The summed E-state index contributed by atoms with van der Waals surface area (Å²) >= 11 is 3.42. The molecular weight excluding hydrogens is 330 g/mol. The molecule has 2 aromatic rings. The van der Waals surface area contributed by atoms with Gasteiger partial charge in [-0.2, -0.15) is 0 Å². The van der Waals surface area contributed by atoms with Crippen LogP contribution in [0.4, 0.5) is 11.4 Å². The van der Waals surface area contributed by atoms with E-state index in [9.17, 15) is 0 Å². The first-order valence-corrected chi connectivity index (χ1v) is 7.81. The summed E-state index contributed by atoms with van der Waals surface area (Å²) in [4.78, 5) is 6.29. The van der Waals surface area contributed by atoms with Gasteiger partial charge in [0.15, 0.2) is 0 Å². The van der Waals surface area contributed by atoms with Gasteiger partial charge in [0.1, 0.15) is 0 Å². The molecule has 2 rings (SSSR count). The summed E-state index contributed by atoms with van der Waals surface area (Å²) < 4.78 is 0.986. The zero-order valence-electron chi connectivity index (χ0n) is 12.1. The van der Waals surface area contributed by atoms with Gasteiger partial charge in [0.25, 0.3) is 0 Å². The zero-order valence-corrected chi connectivity index (χ0v) is 13.7. The third-order valence-corrected chi connectivity index (χ3v) is 3.68. The number of hydrogen-bond acceptors (Lipinski definition) is 4. The number of anilines is 2. The van der Waals surface area contributed by atoms with Crippen molar-refractivity contribution in [1.29, 1.82) is 0 Å². The summed E-state index contributed by atoms with van der Waals surface area (Å²) in [6.07, 6.45) is 3.63. The van der Waals surface area contributed by atoms with Crippen LogP contribution in [0, 0.1) is 0 Å². The predicted octanol–water partition coefficient (Wildman–Crippen LogP) is 3.27. The fourth-order valence-corrected chi connectivity index (χ4v) is 2.55. The van der Waals surface area contributed by atoms with Crippen LogP contribution >= 0.6 is 15.9 Å². The molecule has 1 aromatic heterocycles. The minimum atomic E-state index is 0.170. The number of pyridine rings is 1. The Kier molecular flexibility index (Phi) is 6.02. The normalized spacial score (nSPS) is 10.4. The molecule has 1 aromatic carbocycles. The molecule has 0 aliphatic rings. The number of aliphatic hydroxyl groups is 1. The van der Waals surface area contributed by atoms with Gasteiger partial charge in [-0.05, 0) is 58.7 Å². The Bertz CT molecular complexity index is 560. The lowest BCUT2D eigenvalue weighted by molar-refractivity contribution is 0.302. The standard InChI is InChI=1S/C16H20BrN3O/c1-2-20(7-8-21)16-5-3-15(4-6-16)19-11-13-9-14(17)12-18-10-13/h3-6,9-10,12,19,21H,2,7-8,11H2,1H3. The second kappa shape index (κ2) is 8.00. The SMILES string of the molecule is CCN(CCO)c1ccc(NCc2cncc(Br)c2)cc1. The van der Waals surface area contributed by atoms with Crippen molar-refractivity contribution >= 4 is 27.3 Å². The van der Waals surface area contributed by atoms with E-state index in [1.165, 1.54) is 0 Å². The Labute approximate surface area is 134 Å². The summed E-state index contributed by atoms with van der Waals surface area (Å²) in [5.41, 5.74) is 3.32. The van der Waals surface area contributed by atoms with E-state index in [2.05, 4.69) is 68.4 Å². The predicted molar refractivity (Wildman–Crippen MR) is 90.7 cm³/mol. The second-order valence-electron chi connectivity index (χ2n) is 4.72. The summed E-state index contributed by atoms with van der Waals surface area (Å²) in [6.45, 7) is 4.54. The number of aromatic nitrogens is 1. The number of benzene rings is 1. The molecule has 2 N–H and O–H groups in total. The molecule has 1 heterocycles. The van der Waals surface area contributed by atoms with Crippen molar-refractivity contribution in [2.24, 2.45) is 0 Å². The van der Waals surface area contributed by atoms with Crippen LogP contribution in [0.2, 0.25) is 0 Å². The van der Waals surface area contributed by atoms with Gasteiger partial charge in [-0.3, -0.25) is 4.98 Å². The van der Waals surface area contributed by atoms with E-state index in [1.807, 2.05) is 6.20 Å².